The number of nitrogens with one attached hydrogen (secondary N) is 1. The smallest absolute Gasteiger partial charge is 0.220 e. The van der Waals surface area contributed by atoms with E-state index in [1.807, 2.05) is 0 Å². The molecule has 71 heavy (non-hydrogen) atoms. The summed E-state index contributed by atoms with van der Waals surface area (Å²) >= 11 is 0. The molecule has 408 valence electrons. The maximum Gasteiger partial charge on any atom is 0.220 e. The zero-order chi connectivity index (χ0) is 51.5. The van der Waals surface area contributed by atoms with Gasteiger partial charge in [0.25, 0.3) is 0 Å². The molecule has 7 unspecified atom stereocenters. The predicted octanol–water partition coefficient (Wildman–Crippen LogP) is 14.4. The predicted molar refractivity (Wildman–Crippen MR) is 299 cm³/mol. The van der Waals surface area contributed by atoms with Crippen molar-refractivity contribution in [3.8, 4) is 0 Å². The van der Waals surface area contributed by atoms with Crippen LogP contribution in [-0.4, -0.2) is 87.5 Å². The standard InChI is InChI=1S/C62H107NO8/c1-3-5-7-9-11-12-13-14-15-16-17-18-19-20-21-22-23-24-25-26-27-28-29-30-31-32-33-34-35-36-37-38-39-40-41-42-43-44-46-48-50-52-58(66)63-55(56(65)51-49-47-45-10-8-6-4-2)54-70-62-61(69)60(68)59(67)57(53-64)71-62/h5,7,11-12,14-15,17-18,20-21,23-24,26-27,29-30,55-57,59-62,64-65,67-69H,3-4,6,8-10,13,16,19,22,25,28,31-54H2,1-2H3,(H,63,66)/b7-5-,12-11-,15-14-,18-17-,21-20-,24-23-,27-26-,30-29-. The number of unbranched alkanes of at least 4 members (excludes halogenated alkanes) is 22. The molecular weight excluding hydrogens is 887 g/mol. The van der Waals surface area contributed by atoms with Crippen LogP contribution in [0.5, 0.6) is 0 Å². The van der Waals surface area contributed by atoms with Gasteiger partial charge in [-0.1, -0.05) is 246 Å². The normalized spacial score (nSPS) is 20.0. The highest BCUT2D eigenvalue weighted by molar-refractivity contribution is 5.76. The first-order valence-corrected chi connectivity index (χ1v) is 28.9. The molecule has 0 radical (unpaired) electrons. The van der Waals surface area contributed by atoms with Crippen LogP contribution >= 0.6 is 0 Å². The van der Waals surface area contributed by atoms with Crippen LogP contribution in [0.3, 0.4) is 0 Å². The Balaban J connectivity index is 2.01. The Bertz CT molecular complexity index is 1430. The van der Waals surface area contributed by atoms with Crippen LogP contribution in [-0.2, 0) is 14.3 Å². The average Bonchev–Trinajstić information content (AvgIpc) is 3.37. The minimum absolute atomic E-state index is 0.141. The van der Waals surface area contributed by atoms with Gasteiger partial charge in [-0.15, -0.1) is 0 Å². The summed E-state index contributed by atoms with van der Waals surface area (Å²) in [4.78, 5) is 13.0. The molecule has 1 aliphatic heterocycles. The monoisotopic (exact) mass is 994 g/mol. The summed E-state index contributed by atoms with van der Waals surface area (Å²) in [6.07, 6.45) is 66.3. The maximum atomic E-state index is 13.0. The van der Waals surface area contributed by atoms with Gasteiger partial charge in [0.1, 0.15) is 24.4 Å². The summed E-state index contributed by atoms with van der Waals surface area (Å²) in [6, 6.07) is -0.719. The molecule has 1 rings (SSSR count). The number of carbonyl (C=O) groups excluding carboxylic acids is 1. The second-order valence-corrected chi connectivity index (χ2v) is 19.7. The molecule has 0 aromatic heterocycles. The van der Waals surface area contributed by atoms with E-state index >= 15 is 0 Å². The van der Waals surface area contributed by atoms with Gasteiger partial charge in [0.05, 0.1) is 25.4 Å². The summed E-state index contributed by atoms with van der Waals surface area (Å²) in [5.74, 6) is -0.151. The largest absolute Gasteiger partial charge is 0.394 e. The van der Waals surface area contributed by atoms with E-state index in [0.29, 0.717) is 12.8 Å². The van der Waals surface area contributed by atoms with E-state index in [-0.39, 0.29) is 12.5 Å². The molecule has 0 saturated carbocycles. The minimum atomic E-state index is -1.55. The van der Waals surface area contributed by atoms with E-state index in [2.05, 4.69) is 116 Å². The first-order chi connectivity index (χ1) is 34.8. The zero-order valence-electron chi connectivity index (χ0n) is 45.2. The van der Waals surface area contributed by atoms with Crippen LogP contribution in [0.2, 0.25) is 0 Å². The number of hydrogen-bond acceptors (Lipinski definition) is 8. The molecule has 1 heterocycles. The van der Waals surface area contributed by atoms with Crippen molar-refractivity contribution in [3.63, 3.8) is 0 Å². The summed E-state index contributed by atoms with van der Waals surface area (Å²) in [7, 11) is 0. The number of rotatable bonds is 48. The van der Waals surface area contributed by atoms with Gasteiger partial charge in [0.2, 0.25) is 5.91 Å². The van der Waals surface area contributed by atoms with Crippen LogP contribution < -0.4 is 5.32 Å². The van der Waals surface area contributed by atoms with E-state index in [1.165, 1.54) is 116 Å². The van der Waals surface area contributed by atoms with Gasteiger partial charge in [0.15, 0.2) is 6.29 Å². The fraction of sp³-hybridized carbons (Fsp3) is 0.726. The van der Waals surface area contributed by atoms with Crippen molar-refractivity contribution in [2.75, 3.05) is 13.2 Å². The molecule has 0 bridgehead atoms. The van der Waals surface area contributed by atoms with Crippen LogP contribution in [0, 0.1) is 0 Å². The summed E-state index contributed by atoms with van der Waals surface area (Å²) in [5, 5.41) is 54.2. The number of aliphatic hydroxyl groups excluding tert-OH is 5. The fourth-order valence-electron chi connectivity index (χ4n) is 8.65. The number of amides is 1. The summed E-state index contributed by atoms with van der Waals surface area (Å²) in [5.41, 5.74) is 0. The van der Waals surface area contributed by atoms with E-state index < -0.39 is 49.5 Å². The molecule has 0 aromatic carbocycles. The second kappa shape index (κ2) is 50.6. The zero-order valence-corrected chi connectivity index (χ0v) is 45.2. The molecule has 1 amide bonds. The van der Waals surface area contributed by atoms with Crippen molar-refractivity contribution >= 4 is 5.91 Å². The Hall–Kier alpha value is -2.89. The number of allylic oxidation sites excluding steroid dienone is 16. The molecule has 9 heteroatoms. The molecule has 6 N–H and O–H groups in total. The van der Waals surface area contributed by atoms with Crippen molar-refractivity contribution in [2.45, 2.75) is 275 Å². The van der Waals surface area contributed by atoms with Gasteiger partial charge in [0, 0.05) is 6.42 Å². The maximum absolute atomic E-state index is 13.0. The third kappa shape index (κ3) is 40.2. The van der Waals surface area contributed by atoms with E-state index in [0.717, 1.165) is 89.9 Å². The van der Waals surface area contributed by atoms with Crippen molar-refractivity contribution in [3.05, 3.63) is 97.2 Å². The molecule has 7 atom stereocenters. The lowest BCUT2D eigenvalue weighted by Crippen LogP contribution is -2.60. The van der Waals surface area contributed by atoms with E-state index in [4.69, 9.17) is 9.47 Å². The van der Waals surface area contributed by atoms with Gasteiger partial charge in [-0.2, -0.15) is 0 Å². The fourth-order valence-corrected chi connectivity index (χ4v) is 8.65. The number of carbonyl (C=O) groups is 1. The molecule has 1 aliphatic rings. The van der Waals surface area contributed by atoms with E-state index in [1.54, 1.807) is 0 Å². The lowest BCUT2D eigenvalue weighted by molar-refractivity contribution is -0.302. The van der Waals surface area contributed by atoms with E-state index in [9.17, 15) is 30.3 Å². The molecular formula is C62H107NO8. The van der Waals surface area contributed by atoms with Crippen molar-refractivity contribution in [1.29, 1.82) is 0 Å². The lowest BCUT2D eigenvalue weighted by atomic mass is 9.99. The molecule has 0 aliphatic carbocycles. The van der Waals surface area contributed by atoms with Gasteiger partial charge in [-0.25, -0.2) is 0 Å². The SMILES string of the molecule is CC/C=C\C/C=C\C/C=C\C/C=C\C/C=C\C/C=C\C/C=C\C/C=C\CCCCCCCCCCCCCCCCCCC(=O)NC(COC1OC(CO)C(O)C(O)C1O)C(O)CCCCCCCCC. The molecule has 9 nitrogen and oxygen atoms in total. The molecule has 1 fully saturated rings. The molecule has 0 spiro atoms. The molecule has 1 saturated heterocycles. The van der Waals surface area contributed by atoms with Gasteiger partial charge >= 0.3 is 0 Å². The highest BCUT2D eigenvalue weighted by Crippen LogP contribution is 2.23. The Morgan fingerprint density at radius 2 is 0.873 bits per heavy atom. The Labute approximate surface area is 434 Å². The van der Waals surface area contributed by atoms with Gasteiger partial charge < -0.3 is 40.3 Å². The summed E-state index contributed by atoms with van der Waals surface area (Å²) in [6.45, 7) is 3.66. The van der Waals surface area contributed by atoms with Crippen LogP contribution in [0.15, 0.2) is 97.2 Å². The lowest BCUT2D eigenvalue weighted by Gasteiger charge is -2.40. The number of hydrogen-bond donors (Lipinski definition) is 6. The van der Waals surface area contributed by atoms with Gasteiger partial charge in [-0.05, 0) is 77.0 Å². The van der Waals surface area contributed by atoms with Crippen molar-refractivity contribution in [2.24, 2.45) is 0 Å². The Morgan fingerprint density at radius 3 is 1.30 bits per heavy atom. The quantitative estimate of drug-likeness (QED) is 0.0261. The number of aliphatic hydroxyl groups is 5. The van der Waals surface area contributed by atoms with Gasteiger partial charge in [-0.3, -0.25) is 4.79 Å². The second-order valence-electron chi connectivity index (χ2n) is 19.7. The summed E-state index contributed by atoms with van der Waals surface area (Å²) < 4.78 is 11.2. The Morgan fingerprint density at radius 1 is 0.493 bits per heavy atom. The highest BCUT2D eigenvalue weighted by atomic mass is 16.7. The van der Waals surface area contributed by atoms with Crippen LogP contribution in [0.1, 0.15) is 232 Å². The first kappa shape index (κ1) is 66.1. The highest BCUT2D eigenvalue weighted by Gasteiger charge is 2.44. The number of ether oxygens (including phenoxy) is 2. The third-order valence-electron chi connectivity index (χ3n) is 13.2. The average molecular weight is 995 g/mol. The van der Waals surface area contributed by atoms with Crippen LogP contribution in [0.25, 0.3) is 0 Å². The van der Waals surface area contributed by atoms with Crippen molar-refractivity contribution < 1.29 is 39.8 Å². The first-order valence-electron chi connectivity index (χ1n) is 28.9. The topological polar surface area (TPSA) is 149 Å². The van der Waals surface area contributed by atoms with Crippen LogP contribution in [0.4, 0.5) is 0 Å². The molecule has 0 aromatic rings. The third-order valence-corrected chi connectivity index (χ3v) is 13.2. The van der Waals surface area contributed by atoms with Crippen molar-refractivity contribution in [1.82, 2.24) is 5.32 Å². The Kier molecular flexibility index (Phi) is 47.2. The minimum Gasteiger partial charge on any atom is -0.394 e.